The highest BCUT2D eigenvalue weighted by molar-refractivity contribution is 8.00. The third kappa shape index (κ3) is 5.30. The molecular weight excluding hydrogens is 278 g/mol. The zero-order valence-corrected chi connectivity index (χ0v) is 13.1. The van der Waals surface area contributed by atoms with Crippen molar-refractivity contribution < 1.29 is 14.7 Å². The topological polar surface area (TPSA) is 86.9 Å². The van der Waals surface area contributed by atoms with E-state index in [2.05, 4.69) is 4.90 Å². The highest BCUT2D eigenvalue weighted by Crippen LogP contribution is 2.31. The van der Waals surface area contributed by atoms with Gasteiger partial charge in [0.25, 0.3) is 0 Å². The molecular formula is C13H25N3O3S. The van der Waals surface area contributed by atoms with Crippen molar-refractivity contribution in [3.8, 4) is 0 Å². The zero-order chi connectivity index (χ0) is 15.2. The van der Waals surface area contributed by atoms with E-state index in [1.54, 1.807) is 0 Å². The Kier molecular flexibility index (Phi) is 6.78. The summed E-state index contributed by atoms with van der Waals surface area (Å²) in [5.74, 6) is 0.128. The van der Waals surface area contributed by atoms with Gasteiger partial charge < -0.3 is 20.6 Å². The Labute approximate surface area is 124 Å². The van der Waals surface area contributed by atoms with Crippen molar-refractivity contribution in [3.63, 3.8) is 0 Å². The first-order chi connectivity index (χ1) is 9.38. The molecule has 0 unspecified atom stereocenters. The quantitative estimate of drug-likeness (QED) is 0.654. The number of piperidine rings is 1. The number of aliphatic hydroxyl groups excluding tert-OH is 1. The monoisotopic (exact) mass is 303 g/mol. The van der Waals surface area contributed by atoms with Crippen molar-refractivity contribution in [2.24, 2.45) is 11.1 Å². The Balaban J connectivity index is 2.40. The molecule has 1 saturated heterocycles. The smallest absolute Gasteiger partial charge is 0.232 e. The van der Waals surface area contributed by atoms with Crippen LogP contribution in [0.1, 0.15) is 12.8 Å². The highest BCUT2D eigenvalue weighted by atomic mass is 32.2. The van der Waals surface area contributed by atoms with Crippen molar-refractivity contribution in [2.45, 2.75) is 12.8 Å². The Morgan fingerprint density at radius 1 is 1.30 bits per heavy atom. The SMILES string of the molecule is CN(C)CC1(CO)CCN(C(=O)CSCC(N)=O)CC1. The van der Waals surface area contributed by atoms with Crippen LogP contribution in [0, 0.1) is 5.41 Å². The summed E-state index contributed by atoms with van der Waals surface area (Å²) in [4.78, 5) is 26.5. The lowest BCUT2D eigenvalue weighted by molar-refractivity contribution is -0.131. The minimum Gasteiger partial charge on any atom is -0.396 e. The number of carbonyl (C=O) groups is 2. The van der Waals surface area contributed by atoms with Gasteiger partial charge in [-0.15, -0.1) is 11.8 Å². The first kappa shape index (κ1) is 17.3. The summed E-state index contributed by atoms with van der Waals surface area (Å²) in [7, 11) is 3.99. The molecule has 1 fully saturated rings. The molecule has 0 saturated carbocycles. The van der Waals surface area contributed by atoms with Gasteiger partial charge in [-0.2, -0.15) is 0 Å². The van der Waals surface area contributed by atoms with Crippen LogP contribution in [-0.2, 0) is 9.59 Å². The maximum absolute atomic E-state index is 12.0. The van der Waals surface area contributed by atoms with E-state index in [4.69, 9.17) is 5.73 Å². The van der Waals surface area contributed by atoms with Crippen LogP contribution < -0.4 is 5.73 Å². The summed E-state index contributed by atoms with van der Waals surface area (Å²) in [6.45, 7) is 2.33. The van der Waals surface area contributed by atoms with Crippen LogP contribution in [0.25, 0.3) is 0 Å². The predicted molar refractivity (Wildman–Crippen MR) is 80.4 cm³/mol. The number of amides is 2. The normalized spacial score (nSPS) is 18.3. The van der Waals surface area contributed by atoms with Gasteiger partial charge in [0.05, 0.1) is 18.1 Å². The van der Waals surface area contributed by atoms with E-state index in [1.165, 1.54) is 11.8 Å². The number of likely N-dealkylation sites (tertiary alicyclic amines) is 1. The fourth-order valence-electron chi connectivity index (χ4n) is 2.60. The van der Waals surface area contributed by atoms with Gasteiger partial charge in [0, 0.05) is 25.0 Å². The number of carbonyl (C=O) groups excluding carboxylic acids is 2. The summed E-state index contributed by atoms with van der Waals surface area (Å²) in [5, 5.41) is 9.63. The van der Waals surface area contributed by atoms with E-state index in [0.29, 0.717) is 18.8 Å². The summed E-state index contributed by atoms with van der Waals surface area (Å²) in [6, 6.07) is 0. The minimum absolute atomic E-state index is 0.0487. The number of rotatable bonds is 7. The van der Waals surface area contributed by atoms with Gasteiger partial charge >= 0.3 is 0 Å². The Morgan fingerprint density at radius 3 is 2.35 bits per heavy atom. The van der Waals surface area contributed by atoms with Gasteiger partial charge in [-0.3, -0.25) is 9.59 Å². The Hall–Kier alpha value is -0.790. The Bertz CT molecular complexity index is 342. The molecule has 0 aromatic rings. The first-order valence-corrected chi connectivity index (χ1v) is 7.93. The minimum atomic E-state index is -0.397. The molecule has 3 N–H and O–H groups in total. The van der Waals surface area contributed by atoms with Gasteiger partial charge in [0.2, 0.25) is 11.8 Å². The van der Waals surface area contributed by atoms with Crippen LogP contribution in [-0.4, -0.2) is 78.6 Å². The zero-order valence-electron chi connectivity index (χ0n) is 12.3. The van der Waals surface area contributed by atoms with E-state index in [0.717, 1.165) is 19.4 Å². The van der Waals surface area contributed by atoms with Gasteiger partial charge in [0.15, 0.2) is 0 Å². The lowest BCUT2D eigenvalue weighted by Crippen LogP contribution is -2.49. The molecule has 20 heavy (non-hydrogen) atoms. The molecule has 0 aromatic heterocycles. The lowest BCUT2D eigenvalue weighted by Gasteiger charge is -2.42. The molecule has 2 amide bonds. The summed E-state index contributed by atoms with van der Waals surface area (Å²) >= 11 is 1.26. The molecule has 6 nitrogen and oxygen atoms in total. The molecule has 0 aliphatic carbocycles. The number of primary amides is 1. The fourth-order valence-corrected chi connectivity index (χ4v) is 3.26. The van der Waals surface area contributed by atoms with Crippen LogP contribution in [0.3, 0.4) is 0 Å². The van der Waals surface area contributed by atoms with Crippen LogP contribution >= 0.6 is 11.8 Å². The lowest BCUT2D eigenvalue weighted by atomic mass is 9.78. The number of hydrogen-bond donors (Lipinski definition) is 2. The molecule has 0 atom stereocenters. The third-order valence-electron chi connectivity index (χ3n) is 3.63. The molecule has 7 heteroatoms. The summed E-state index contributed by atoms with van der Waals surface area (Å²) < 4.78 is 0. The second-order valence-electron chi connectivity index (χ2n) is 5.74. The third-order valence-corrected chi connectivity index (χ3v) is 4.57. The molecule has 1 heterocycles. The molecule has 1 aliphatic rings. The van der Waals surface area contributed by atoms with Crippen molar-refractivity contribution in [1.29, 1.82) is 0 Å². The van der Waals surface area contributed by atoms with Crippen molar-refractivity contribution in [1.82, 2.24) is 9.80 Å². The number of nitrogens with two attached hydrogens (primary N) is 1. The number of hydrogen-bond acceptors (Lipinski definition) is 5. The molecule has 0 radical (unpaired) electrons. The maximum Gasteiger partial charge on any atom is 0.232 e. The fraction of sp³-hybridized carbons (Fsp3) is 0.846. The van der Waals surface area contributed by atoms with E-state index in [9.17, 15) is 14.7 Å². The van der Waals surface area contributed by atoms with Gasteiger partial charge in [-0.05, 0) is 26.9 Å². The number of aliphatic hydroxyl groups is 1. The average Bonchev–Trinajstić information content (AvgIpc) is 2.38. The van der Waals surface area contributed by atoms with Gasteiger partial charge in [-0.25, -0.2) is 0 Å². The molecule has 0 bridgehead atoms. The van der Waals surface area contributed by atoms with Crippen molar-refractivity contribution in [3.05, 3.63) is 0 Å². The van der Waals surface area contributed by atoms with E-state index in [-0.39, 0.29) is 23.7 Å². The number of thioether (sulfide) groups is 1. The summed E-state index contributed by atoms with van der Waals surface area (Å²) in [6.07, 6.45) is 1.63. The van der Waals surface area contributed by atoms with Crippen molar-refractivity contribution >= 4 is 23.6 Å². The van der Waals surface area contributed by atoms with Crippen LogP contribution in [0.2, 0.25) is 0 Å². The molecule has 116 valence electrons. The molecule has 0 aromatic carbocycles. The molecule has 0 spiro atoms. The Morgan fingerprint density at radius 2 is 1.90 bits per heavy atom. The van der Waals surface area contributed by atoms with E-state index < -0.39 is 5.91 Å². The van der Waals surface area contributed by atoms with Crippen LogP contribution in [0.15, 0.2) is 0 Å². The van der Waals surface area contributed by atoms with Crippen LogP contribution in [0.4, 0.5) is 0 Å². The second-order valence-corrected chi connectivity index (χ2v) is 6.72. The standard InChI is InChI=1S/C13H25N3O3S/c1-15(2)9-13(10-17)3-5-16(6-4-13)12(19)8-20-7-11(14)18/h17H,3-10H2,1-2H3,(H2,14,18). The van der Waals surface area contributed by atoms with Gasteiger partial charge in [0.1, 0.15) is 0 Å². The summed E-state index contributed by atoms with van der Waals surface area (Å²) in [5.41, 5.74) is 4.94. The van der Waals surface area contributed by atoms with Crippen molar-refractivity contribution in [2.75, 3.05) is 51.8 Å². The van der Waals surface area contributed by atoms with E-state index in [1.807, 2.05) is 19.0 Å². The molecule has 1 aliphatic heterocycles. The van der Waals surface area contributed by atoms with E-state index >= 15 is 0 Å². The first-order valence-electron chi connectivity index (χ1n) is 6.78. The highest BCUT2D eigenvalue weighted by Gasteiger charge is 2.35. The second kappa shape index (κ2) is 7.85. The van der Waals surface area contributed by atoms with Crippen LogP contribution in [0.5, 0.6) is 0 Å². The largest absolute Gasteiger partial charge is 0.396 e. The average molecular weight is 303 g/mol. The molecule has 1 rings (SSSR count). The van der Waals surface area contributed by atoms with Gasteiger partial charge in [-0.1, -0.05) is 0 Å². The maximum atomic E-state index is 12.0. The predicted octanol–water partition coefficient (Wildman–Crippen LogP) is -0.632. The number of nitrogens with zero attached hydrogens (tertiary/aromatic N) is 2.